The molecular weight excluding hydrogens is 341 g/mol. The first kappa shape index (κ1) is 18.1. The van der Waals surface area contributed by atoms with Crippen LogP contribution in [0.1, 0.15) is 24.4 Å². The Hall–Kier alpha value is -1.21. The number of nitrogens with two attached hydrogens (primary N) is 1. The number of carbonyl (C=O) groups is 1. The molecule has 1 aromatic rings. The summed E-state index contributed by atoms with van der Waals surface area (Å²) in [6.07, 6.45) is 1.46. The zero-order valence-electron chi connectivity index (χ0n) is 12.6. The number of hydrogen-bond acceptors (Lipinski definition) is 4. The van der Waals surface area contributed by atoms with Crippen molar-refractivity contribution >= 4 is 29.2 Å². The van der Waals surface area contributed by atoms with Gasteiger partial charge in [-0.3, -0.25) is 0 Å². The van der Waals surface area contributed by atoms with Crippen LogP contribution in [0.3, 0.4) is 0 Å². The van der Waals surface area contributed by atoms with Crippen LogP contribution >= 0.6 is 23.2 Å². The normalized spacial score (nSPS) is 17.1. The van der Waals surface area contributed by atoms with E-state index in [2.05, 4.69) is 5.32 Å². The van der Waals surface area contributed by atoms with Gasteiger partial charge in [0.15, 0.2) is 0 Å². The van der Waals surface area contributed by atoms with Gasteiger partial charge < -0.3 is 26.2 Å². The Morgan fingerprint density at radius 1 is 1.35 bits per heavy atom. The molecule has 0 aliphatic carbocycles. The predicted molar refractivity (Wildman–Crippen MR) is 89.8 cm³/mol. The molecule has 0 bridgehead atoms. The zero-order chi connectivity index (χ0) is 17.0. The van der Waals surface area contributed by atoms with Gasteiger partial charge in [-0.15, -0.1) is 0 Å². The molecule has 1 saturated heterocycles. The largest absolute Gasteiger partial charge is 0.508 e. The van der Waals surface area contributed by atoms with Gasteiger partial charge in [-0.1, -0.05) is 23.2 Å². The van der Waals surface area contributed by atoms with Crippen LogP contribution in [0.2, 0.25) is 10.0 Å². The summed E-state index contributed by atoms with van der Waals surface area (Å²) >= 11 is 11.9. The summed E-state index contributed by atoms with van der Waals surface area (Å²) in [5.41, 5.74) is 6.85. The first-order chi connectivity index (χ1) is 10.9. The Morgan fingerprint density at radius 3 is 2.57 bits per heavy atom. The first-order valence-corrected chi connectivity index (χ1v) is 8.26. The fourth-order valence-corrected chi connectivity index (χ4v) is 3.14. The lowest BCUT2D eigenvalue weighted by molar-refractivity contribution is 0.160. The summed E-state index contributed by atoms with van der Waals surface area (Å²) in [7, 11) is 0. The van der Waals surface area contributed by atoms with Crippen molar-refractivity contribution in [3.63, 3.8) is 0 Å². The zero-order valence-corrected chi connectivity index (χ0v) is 14.1. The molecule has 1 heterocycles. The van der Waals surface area contributed by atoms with Gasteiger partial charge >= 0.3 is 6.03 Å². The minimum absolute atomic E-state index is 0.0371. The van der Waals surface area contributed by atoms with Crippen LogP contribution in [-0.2, 0) is 0 Å². The number of hydrogen-bond donors (Lipinski definition) is 4. The summed E-state index contributed by atoms with van der Waals surface area (Å²) in [4.78, 5) is 13.5. The number of phenolic OH excluding ortho intramolecular Hbond substituents is 1. The van der Waals surface area contributed by atoms with E-state index in [1.807, 2.05) is 0 Å². The SMILES string of the molecule is NC(c1cc(Cl)c(Cl)cc1O)C1CCN(C(=O)NCCO)CC1. The maximum atomic E-state index is 11.8. The quantitative estimate of drug-likeness (QED) is 0.659. The van der Waals surface area contributed by atoms with E-state index < -0.39 is 0 Å². The summed E-state index contributed by atoms with van der Waals surface area (Å²) in [5.74, 6) is 0.176. The molecule has 5 N–H and O–H groups in total. The van der Waals surface area contributed by atoms with E-state index in [4.69, 9.17) is 34.0 Å². The average molecular weight is 362 g/mol. The standard InChI is InChI=1S/C15H21Cl2N3O3/c16-11-7-10(13(22)8-12(11)17)14(18)9-1-4-20(5-2-9)15(23)19-3-6-21/h7-9,14,21-22H,1-6,18H2,(H,19,23). The maximum Gasteiger partial charge on any atom is 0.317 e. The van der Waals surface area contributed by atoms with E-state index >= 15 is 0 Å². The molecule has 1 unspecified atom stereocenters. The summed E-state index contributed by atoms with van der Waals surface area (Å²) in [6, 6.07) is 2.46. The lowest BCUT2D eigenvalue weighted by atomic mass is 9.85. The maximum absolute atomic E-state index is 11.8. The molecule has 2 rings (SSSR count). The number of rotatable bonds is 4. The van der Waals surface area contributed by atoms with Crippen molar-refractivity contribution in [2.24, 2.45) is 11.7 Å². The van der Waals surface area contributed by atoms with Gasteiger partial charge in [-0.25, -0.2) is 4.79 Å². The van der Waals surface area contributed by atoms with Gasteiger partial charge in [0.25, 0.3) is 0 Å². The second-order valence-electron chi connectivity index (χ2n) is 5.63. The highest BCUT2D eigenvalue weighted by molar-refractivity contribution is 6.42. The molecule has 0 radical (unpaired) electrons. The summed E-state index contributed by atoms with van der Waals surface area (Å²) in [6.45, 7) is 1.33. The number of nitrogens with one attached hydrogen (secondary N) is 1. The lowest BCUT2D eigenvalue weighted by Gasteiger charge is -2.35. The number of aliphatic hydroxyl groups excluding tert-OH is 1. The molecular formula is C15H21Cl2N3O3. The molecule has 2 amide bonds. The number of aliphatic hydroxyl groups is 1. The van der Waals surface area contributed by atoms with Crippen molar-refractivity contribution in [1.29, 1.82) is 0 Å². The highest BCUT2D eigenvalue weighted by atomic mass is 35.5. The topological polar surface area (TPSA) is 98.8 Å². The lowest BCUT2D eigenvalue weighted by Crippen LogP contribution is -2.46. The molecule has 128 valence electrons. The number of piperidine rings is 1. The number of likely N-dealkylation sites (tertiary alicyclic amines) is 1. The second-order valence-corrected chi connectivity index (χ2v) is 6.45. The first-order valence-electron chi connectivity index (χ1n) is 7.51. The van der Waals surface area contributed by atoms with Crippen LogP contribution in [0, 0.1) is 5.92 Å². The average Bonchev–Trinajstić information content (AvgIpc) is 2.55. The fraction of sp³-hybridized carbons (Fsp3) is 0.533. The van der Waals surface area contributed by atoms with E-state index in [9.17, 15) is 9.90 Å². The minimum Gasteiger partial charge on any atom is -0.508 e. The van der Waals surface area contributed by atoms with E-state index in [-0.39, 0.29) is 41.9 Å². The van der Waals surface area contributed by atoms with Gasteiger partial charge in [-0.05, 0) is 24.8 Å². The van der Waals surface area contributed by atoms with Gasteiger partial charge in [0.1, 0.15) is 5.75 Å². The van der Waals surface area contributed by atoms with E-state index in [0.29, 0.717) is 23.7 Å². The van der Waals surface area contributed by atoms with Crippen LogP contribution in [0.25, 0.3) is 0 Å². The molecule has 1 atom stereocenters. The van der Waals surface area contributed by atoms with Crippen LogP contribution in [0.15, 0.2) is 12.1 Å². The Balaban J connectivity index is 1.97. The Kier molecular flexibility index (Phi) is 6.35. The molecule has 1 fully saturated rings. The Morgan fingerprint density at radius 2 is 1.96 bits per heavy atom. The van der Waals surface area contributed by atoms with Gasteiger partial charge in [0, 0.05) is 37.3 Å². The predicted octanol–water partition coefficient (Wildman–Crippen LogP) is 2.11. The van der Waals surface area contributed by atoms with Crippen molar-refractivity contribution in [1.82, 2.24) is 10.2 Å². The molecule has 23 heavy (non-hydrogen) atoms. The van der Waals surface area contributed by atoms with Gasteiger partial charge in [-0.2, -0.15) is 0 Å². The molecule has 1 aliphatic rings. The Bertz CT molecular complexity index is 563. The second kappa shape index (κ2) is 8.06. The van der Waals surface area contributed by atoms with E-state index in [0.717, 1.165) is 12.8 Å². The Labute approximate surface area is 145 Å². The molecule has 8 heteroatoms. The molecule has 0 spiro atoms. The number of halogens is 2. The minimum atomic E-state index is -0.368. The number of carbonyl (C=O) groups excluding carboxylic acids is 1. The van der Waals surface area contributed by atoms with Crippen LogP contribution in [0.5, 0.6) is 5.75 Å². The van der Waals surface area contributed by atoms with Crippen LogP contribution < -0.4 is 11.1 Å². The third-order valence-corrected chi connectivity index (χ3v) is 4.87. The molecule has 6 nitrogen and oxygen atoms in total. The summed E-state index contributed by atoms with van der Waals surface area (Å²) < 4.78 is 0. The highest BCUT2D eigenvalue weighted by Crippen LogP contribution is 2.37. The smallest absolute Gasteiger partial charge is 0.317 e. The molecule has 0 aromatic heterocycles. The molecule has 1 aromatic carbocycles. The van der Waals surface area contributed by atoms with Crippen molar-refractivity contribution in [3.05, 3.63) is 27.7 Å². The van der Waals surface area contributed by atoms with Crippen LogP contribution in [0.4, 0.5) is 4.79 Å². The van der Waals surface area contributed by atoms with Crippen LogP contribution in [-0.4, -0.2) is 47.4 Å². The highest BCUT2D eigenvalue weighted by Gasteiger charge is 2.29. The fourth-order valence-electron chi connectivity index (χ4n) is 2.81. The van der Waals surface area contributed by atoms with E-state index in [1.165, 1.54) is 6.07 Å². The van der Waals surface area contributed by atoms with Crippen molar-refractivity contribution in [2.75, 3.05) is 26.2 Å². The molecule has 0 saturated carbocycles. The number of amides is 2. The summed E-state index contributed by atoms with van der Waals surface area (Å²) in [5, 5.41) is 22.0. The molecule has 1 aliphatic heterocycles. The number of benzene rings is 1. The number of aromatic hydroxyl groups is 1. The van der Waals surface area contributed by atoms with E-state index in [1.54, 1.807) is 11.0 Å². The number of nitrogens with zero attached hydrogens (tertiary/aromatic N) is 1. The number of phenols is 1. The van der Waals surface area contributed by atoms with Crippen molar-refractivity contribution < 1.29 is 15.0 Å². The number of urea groups is 1. The third-order valence-electron chi connectivity index (χ3n) is 4.15. The third kappa shape index (κ3) is 4.41. The van der Waals surface area contributed by atoms with Crippen molar-refractivity contribution in [2.45, 2.75) is 18.9 Å². The van der Waals surface area contributed by atoms with Gasteiger partial charge in [0.05, 0.1) is 16.7 Å². The van der Waals surface area contributed by atoms with Crippen molar-refractivity contribution in [3.8, 4) is 5.75 Å². The van der Waals surface area contributed by atoms with Gasteiger partial charge in [0.2, 0.25) is 0 Å². The monoisotopic (exact) mass is 361 g/mol.